The maximum atomic E-state index is 12.2. The summed E-state index contributed by atoms with van der Waals surface area (Å²) in [4.78, 5) is 20.1. The maximum Gasteiger partial charge on any atom is 0.266 e. The molecule has 0 radical (unpaired) electrons. The summed E-state index contributed by atoms with van der Waals surface area (Å²) in [7, 11) is 0. The van der Waals surface area contributed by atoms with E-state index in [1.165, 1.54) is 11.8 Å². The van der Waals surface area contributed by atoms with Gasteiger partial charge in [-0.2, -0.15) is 0 Å². The number of amidine groups is 1. The summed E-state index contributed by atoms with van der Waals surface area (Å²) in [6.07, 6.45) is 1.93. The van der Waals surface area contributed by atoms with E-state index < -0.39 is 0 Å². The molecular formula is C12H13BrN2OS2. The van der Waals surface area contributed by atoms with Gasteiger partial charge >= 0.3 is 0 Å². The third kappa shape index (κ3) is 2.87. The molecule has 2 heterocycles. The van der Waals surface area contributed by atoms with Crippen LogP contribution in [0.25, 0.3) is 6.08 Å². The van der Waals surface area contributed by atoms with Crippen molar-refractivity contribution in [1.82, 2.24) is 4.90 Å². The highest BCUT2D eigenvalue weighted by Gasteiger charge is 2.31. The van der Waals surface area contributed by atoms with Gasteiger partial charge in [-0.1, -0.05) is 0 Å². The van der Waals surface area contributed by atoms with Crippen LogP contribution in [0.3, 0.4) is 0 Å². The molecule has 1 aromatic heterocycles. The first kappa shape index (κ1) is 13.8. The molecule has 1 aliphatic heterocycles. The summed E-state index contributed by atoms with van der Waals surface area (Å²) in [5, 5.41) is 2.82. The zero-order valence-corrected chi connectivity index (χ0v) is 13.4. The Kier molecular flexibility index (Phi) is 4.64. The number of nitrogens with zero attached hydrogens (tertiary/aromatic N) is 2. The highest BCUT2D eigenvalue weighted by atomic mass is 79.9. The van der Waals surface area contributed by atoms with Crippen molar-refractivity contribution in [2.75, 3.05) is 13.1 Å². The lowest BCUT2D eigenvalue weighted by Crippen LogP contribution is -2.28. The average Bonchev–Trinajstić information content (AvgIpc) is 2.86. The second-order valence-corrected chi connectivity index (χ2v) is 6.45. The number of carbonyl (C=O) groups excluding carboxylic acids is 1. The SMILES string of the molecule is CCN=C1S/C(=C/c2cc(Br)cs2)C(=O)N1CC. The third-order valence-electron chi connectivity index (χ3n) is 2.36. The van der Waals surface area contributed by atoms with E-state index in [0.717, 1.165) is 19.4 Å². The van der Waals surface area contributed by atoms with Gasteiger partial charge in [0, 0.05) is 27.8 Å². The lowest BCUT2D eigenvalue weighted by Gasteiger charge is -2.11. The zero-order valence-electron chi connectivity index (χ0n) is 10.1. The van der Waals surface area contributed by atoms with Gasteiger partial charge < -0.3 is 0 Å². The summed E-state index contributed by atoms with van der Waals surface area (Å²) in [5.74, 6) is 0.0548. The minimum absolute atomic E-state index is 0.0548. The molecule has 1 aliphatic rings. The predicted octanol–water partition coefficient (Wildman–Crippen LogP) is 3.82. The minimum Gasteiger partial charge on any atom is -0.287 e. The number of aliphatic imine (C=N–C) groups is 1. The van der Waals surface area contributed by atoms with Crippen LogP contribution >= 0.6 is 39.0 Å². The number of thiophene rings is 1. The van der Waals surface area contributed by atoms with Gasteiger partial charge in [0.15, 0.2) is 5.17 Å². The predicted molar refractivity (Wildman–Crippen MR) is 83.0 cm³/mol. The Morgan fingerprint density at radius 3 is 2.83 bits per heavy atom. The molecule has 0 bridgehead atoms. The Bertz CT molecular complexity index is 522. The second kappa shape index (κ2) is 6.04. The van der Waals surface area contributed by atoms with Crippen LogP contribution in [0.2, 0.25) is 0 Å². The second-order valence-electron chi connectivity index (χ2n) is 3.58. The van der Waals surface area contributed by atoms with Gasteiger partial charge in [-0.3, -0.25) is 14.7 Å². The first-order valence-corrected chi connectivity index (χ1v) is 8.14. The van der Waals surface area contributed by atoms with Gasteiger partial charge in [0.1, 0.15) is 0 Å². The molecule has 0 atom stereocenters. The zero-order chi connectivity index (χ0) is 13.1. The molecule has 0 aromatic carbocycles. The molecule has 0 saturated carbocycles. The summed E-state index contributed by atoms with van der Waals surface area (Å²) < 4.78 is 1.05. The molecule has 1 fully saturated rings. The van der Waals surface area contributed by atoms with Crippen LogP contribution in [0.15, 0.2) is 25.8 Å². The fourth-order valence-corrected chi connectivity index (χ4v) is 4.12. The van der Waals surface area contributed by atoms with Gasteiger partial charge in [-0.15, -0.1) is 11.3 Å². The first-order chi connectivity index (χ1) is 8.65. The van der Waals surface area contributed by atoms with E-state index in [2.05, 4.69) is 20.9 Å². The van der Waals surface area contributed by atoms with Gasteiger partial charge in [0.05, 0.1) is 4.91 Å². The number of halogens is 1. The summed E-state index contributed by atoms with van der Waals surface area (Å²) in [5.41, 5.74) is 0. The number of carbonyl (C=O) groups is 1. The summed E-state index contributed by atoms with van der Waals surface area (Å²) in [6, 6.07) is 2.01. The number of amides is 1. The van der Waals surface area contributed by atoms with E-state index in [1.807, 2.05) is 31.4 Å². The molecule has 3 nitrogen and oxygen atoms in total. The highest BCUT2D eigenvalue weighted by Crippen LogP contribution is 2.33. The van der Waals surface area contributed by atoms with Crippen LogP contribution in [0.4, 0.5) is 0 Å². The minimum atomic E-state index is 0.0548. The molecule has 1 amide bonds. The van der Waals surface area contributed by atoms with E-state index >= 15 is 0 Å². The molecule has 1 aromatic rings. The smallest absolute Gasteiger partial charge is 0.266 e. The molecule has 18 heavy (non-hydrogen) atoms. The molecule has 0 aliphatic carbocycles. The highest BCUT2D eigenvalue weighted by molar-refractivity contribution is 9.10. The molecule has 96 valence electrons. The van der Waals surface area contributed by atoms with E-state index in [0.29, 0.717) is 13.1 Å². The molecule has 1 saturated heterocycles. The molecular weight excluding hydrogens is 332 g/mol. The summed E-state index contributed by atoms with van der Waals surface area (Å²) in [6.45, 7) is 5.30. The lowest BCUT2D eigenvalue weighted by molar-refractivity contribution is -0.122. The standard InChI is InChI=1S/C12H13BrN2OS2/c1-3-14-12-15(4-2)11(16)10(18-12)6-9-5-8(13)7-17-9/h5-7H,3-4H2,1-2H3/b10-6+,14-12?. The van der Waals surface area contributed by atoms with E-state index in [9.17, 15) is 4.79 Å². The van der Waals surface area contributed by atoms with Gasteiger partial charge in [0.25, 0.3) is 5.91 Å². The third-order valence-corrected chi connectivity index (χ3v) is 5.04. The van der Waals surface area contributed by atoms with E-state index in [1.54, 1.807) is 16.2 Å². The topological polar surface area (TPSA) is 32.7 Å². The quantitative estimate of drug-likeness (QED) is 0.780. The normalized spacial score (nSPS) is 20.4. The number of hydrogen-bond acceptors (Lipinski definition) is 4. The van der Waals surface area contributed by atoms with Gasteiger partial charge in [-0.05, 0) is 53.7 Å². The Morgan fingerprint density at radius 1 is 1.50 bits per heavy atom. The van der Waals surface area contributed by atoms with Crippen LogP contribution in [0.5, 0.6) is 0 Å². The monoisotopic (exact) mass is 344 g/mol. The van der Waals surface area contributed by atoms with Crippen molar-refractivity contribution in [1.29, 1.82) is 0 Å². The molecule has 6 heteroatoms. The fourth-order valence-electron chi connectivity index (χ4n) is 1.57. The van der Waals surface area contributed by atoms with E-state index in [-0.39, 0.29) is 5.91 Å². The van der Waals surface area contributed by atoms with Crippen molar-refractivity contribution < 1.29 is 4.79 Å². The fraction of sp³-hybridized carbons (Fsp3) is 0.333. The number of likely N-dealkylation sites (N-methyl/N-ethyl adjacent to an activating group) is 1. The van der Waals surface area contributed by atoms with Gasteiger partial charge in [-0.25, -0.2) is 0 Å². The summed E-state index contributed by atoms with van der Waals surface area (Å²) >= 11 is 6.49. The Balaban J connectivity index is 2.28. The molecule has 0 spiro atoms. The molecule has 0 N–H and O–H groups in total. The van der Waals surface area contributed by atoms with E-state index in [4.69, 9.17) is 0 Å². The van der Waals surface area contributed by atoms with Crippen LogP contribution in [0.1, 0.15) is 18.7 Å². The van der Waals surface area contributed by atoms with Crippen LogP contribution < -0.4 is 0 Å². The number of rotatable bonds is 3. The first-order valence-electron chi connectivity index (χ1n) is 5.65. The van der Waals surface area contributed by atoms with Crippen LogP contribution in [-0.4, -0.2) is 29.1 Å². The van der Waals surface area contributed by atoms with Crippen molar-refractivity contribution in [3.63, 3.8) is 0 Å². The van der Waals surface area contributed by atoms with Crippen LogP contribution in [0, 0.1) is 0 Å². The lowest BCUT2D eigenvalue weighted by atomic mass is 10.4. The maximum absolute atomic E-state index is 12.2. The van der Waals surface area contributed by atoms with Gasteiger partial charge in [0.2, 0.25) is 0 Å². The average molecular weight is 345 g/mol. The Labute approximate surface area is 123 Å². The van der Waals surface area contributed by atoms with Crippen molar-refractivity contribution in [3.8, 4) is 0 Å². The molecule has 2 rings (SSSR count). The number of hydrogen-bond donors (Lipinski definition) is 0. The number of thioether (sulfide) groups is 1. The largest absolute Gasteiger partial charge is 0.287 e. The van der Waals surface area contributed by atoms with Crippen molar-refractivity contribution >= 4 is 56.2 Å². The van der Waals surface area contributed by atoms with Crippen molar-refractivity contribution in [2.24, 2.45) is 4.99 Å². The Hall–Kier alpha value is -0.590. The van der Waals surface area contributed by atoms with Crippen LogP contribution in [-0.2, 0) is 4.79 Å². The van der Waals surface area contributed by atoms with Crippen molar-refractivity contribution in [3.05, 3.63) is 25.7 Å². The Morgan fingerprint density at radius 2 is 2.28 bits per heavy atom. The molecule has 0 unspecified atom stereocenters. The van der Waals surface area contributed by atoms with Crippen molar-refractivity contribution in [2.45, 2.75) is 13.8 Å².